The summed E-state index contributed by atoms with van der Waals surface area (Å²) in [5, 5.41) is 10.8. The molecule has 1 aromatic heterocycles. The van der Waals surface area contributed by atoms with E-state index < -0.39 is 20.6 Å². The molecule has 0 aliphatic rings. The van der Waals surface area contributed by atoms with E-state index in [2.05, 4.69) is 9.71 Å². The first kappa shape index (κ1) is 15.4. The van der Waals surface area contributed by atoms with Crippen LogP contribution in [0.4, 0.5) is 11.4 Å². The summed E-state index contributed by atoms with van der Waals surface area (Å²) in [6, 6.07) is 3.37. The molecule has 21 heavy (non-hydrogen) atoms. The molecule has 1 aromatic carbocycles. The molecule has 0 spiro atoms. The largest absolute Gasteiger partial charge is 0.393 e. The number of anilines is 1. The van der Waals surface area contributed by atoms with Gasteiger partial charge in [-0.2, -0.15) is 0 Å². The van der Waals surface area contributed by atoms with Gasteiger partial charge in [-0.05, 0) is 19.1 Å². The quantitative estimate of drug-likeness (QED) is 0.485. The average molecular weight is 328 g/mol. The Labute approximate surface area is 124 Å². The predicted octanol–water partition coefficient (Wildman–Crippen LogP) is 1.42. The average Bonchev–Trinajstić information content (AvgIpc) is 2.82. The van der Waals surface area contributed by atoms with E-state index in [1.54, 1.807) is 12.4 Å². The molecule has 112 valence electrons. The number of aryl methyl sites for hydroxylation is 1. The second kappa shape index (κ2) is 5.76. The van der Waals surface area contributed by atoms with Crippen LogP contribution in [0.2, 0.25) is 0 Å². The van der Waals surface area contributed by atoms with Gasteiger partial charge in [0, 0.05) is 17.5 Å². The molecule has 0 atom stereocenters. The zero-order valence-electron chi connectivity index (χ0n) is 10.9. The molecular weight excluding hydrogens is 316 g/mol. The van der Waals surface area contributed by atoms with E-state index in [0.29, 0.717) is 0 Å². The number of thiazole rings is 1. The summed E-state index contributed by atoms with van der Waals surface area (Å²) in [6.07, 6.45) is 0. The molecule has 2 aromatic rings. The van der Waals surface area contributed by atoms with Crippen LogP contribution in [-0.2, 0) is 16.6 Å². The van der Waals surface area contributed by atoms with Crippen molar-refractivity contribution < 1.29 is 13.3 Å². The number of nitro groups is 1. The van der Waals surface area contributed by atoms with Gasteiger partial charge in [0.25, 0.3) is 5.69 Å². The van der Waals surface area contributed by atoms with E-state index in [1.165, 1.54) is 23.5 Å². The summed E-state index contributed by atoms with van der Waals surface area (Å²) in [7, 11) is -3.86. The number of nitrogens with one attached hydrogen (secondary N) is 1. The normalized spacial score (nSPS) is 11.5. The number of nitrogens with zero attached hydrogens (tertiary/aromatic N) is 2. The monoisotopic (exact) mass is 328 g/mol. The molecule has 1 heterocycles. The number of aromatic nitrogens is 1. The van der Waals surface area contributed by atoms with Crippen molar-refractivity contribution >= 4 is 32.7 Å². The lowest BCUT2D eigenvalue weighted by molar-refractivity contribution is -0.384. The number of nitro benzene ring substituents is 1. The Bertz CT molecular complexity index is 785. The van der Waals surface area contributed by atoms with Gasteiger partial charge in [0.2, 0.25) is 10.0 Å². The fourth-order valence-electron chi connectivity index (χ4n) is 1.59. The fraction of sp³-hybridized carbons (Fsp3) is 0.182. The summed E-state index contributed by atoms with van der Waals surface area (Å²) in [4.78, 5) is 14.7. The zero-order valence-corrected chi connectivity index (χ0v) is 12.6. The van der Waals surface area contributed by atoms with Gasteiger partial charge < -0.3 is 5.73 Å². The topological polar surface area (TPSA) is 128 Å². The minimum absolute atomic E-state index is 0.0804. The maximum absolute atomic E-state index is 12.1. The second-order valence-corrected chi connectivity index (χ2v) is 6.87. The number of hydrogen-bond acceptors (Lipinski definition) is 7. The van der Waals surface area contributed by atoms with E-state index in [1.807, 2.05) is 0 Å². The molecule has 0 fully saturated rings. The number of hydrogen-bond donors (Lipinski definition) is 2. The molecular formula is C11H12N4O4S2. The molecule has 0 saturated heterocycles. The molecule has 0 aliphatic carbocycles. The van der Waals surface area contributed by atoms with Gasteiger partial charge in [0.15, 0.2) is 0 Å². The summed E-state index contributed by atoms with van der Waals surface area (Å²) in [5.74, 6) is 0. The maximum atomic E-state index is 12.1. The van der Waals surface area contributed by atoms with E-state index >= 15 is 0 Å². The number of sulfonamides is 1. The minimum atomic E-state index is -3.86. The lowest BCUT2D eigenvalue weighted by Crippen LogP contribution is -2.23. The first-order valence-electron chi connectivity index (χ1n) is 5.74. The smallest absolute Gasteiger partial charge is 0.293 e. The first-order valence-corrected chi connectivity index (χ1v) is 8.10. The van der Waals surface area contributed by atoms with Gasteiger partial charge in [-0.3, -0.25) is 10.1 Å². The van der Waals surface area contributed by atoms with Gasteiger partial charge >= 0.3 is 0 Å². The van der Waals surface area contributed by atoms with Crippen LogP contribution in [0.25, 0.3) is 0 Å². The fourth-order valence-corrected chi connectivity index (χ4v) is 3.41. The van der Waals surface area contributed by atoms with Gasteiger partial charge in [0.1, 0.15) is 5.69 Å². The Balaban J connectivity index is 2.26. The molecule has 0 aliphatic heterocycles. The van der Waals surface area contributed by atoms with Gasteiger partial charge in [-0.25, -0.2) is 18.1 Å². The van der Waals surface area contributed by atoms with Crippen LogP contribution >= 0.6 is 11.3 Å². The van der Waals surface area contributed by atoms with E-state index in [9.17, 15) is 18.5 Å². The van der Waals surface area contributed by atoms with Gasteiger partial charge in [0.05, 0.1) is 21.0 Å². The molecule has 0 radical (unpaired) electrons. The Morgan fingerprint density at radius 3 is 2.76 bits per heavy atom. The number of nitrogens with two attached hydrogens (primary N) is 1. The highest BCUT2D eigenvalue weighted by molar-refractivity contribution is 7.89. The van der Waals surface area contributed by atoms with Crippen LogP contribution in [0.15, 0.2) is 28.6 Å². The summed E-state index contributed by atoms with van der Waals surface area (Å²) in [5.41, 5.74) is 7.28. The predicted molar refractivity (Wildman–Crippen MR) is 78.4 cm³/mol. The van der Waals surface area contributed by atoms with Crippen molar-refractivity contribution in [3.05, 3.63) is 44.4 Å². The van der Waals surface area contributed by atoms with E-state index in [4.69, 9.17) is 5.73 Å². The Hall–Kier alpha value is -2.04. The third-order valence-electron chi connectivity index (χ3n) is 2.78. The van der Waals surface area contributed by atoms with Crippen molar-refractivity contribution in [3.8, 4) is 0 Å². The Morgan fingerprint density at radius 1 is 1.48 bits per heavy atom. The van der Waals surface area contributed by atoms with Crippen molar-refractivity contribution in [3.63, 3.8) is 0 Å². The molecule has 8 nitrogen and oxygen atoms in total. The number of nitrogen functional groups attached to an aromatic ring is 1. The van der Waals surface area contributed by atoms with Crippen LogP contribution < -0.4 is 10.5 Å². The van der Waals surface area contributed by atoms with Crippen molar-refractivity contribution in [1.82, 2.24) is 9.71 Å². The minimum Gasteiger partial charge on any atom is -0.393 e. The van der Waals surface area contributed by atoms with Crippen LogP contribution in [-0.4, -0.2) is 18.3 Å². The van der Waals surface area contributed by atoms with E-state index in [0.717, 1.165) is 16.6 Å². The highest BCUT2D eigenvalue weighted by Crippen LogP contribution is 2.25. The van der Waals surface area contributed by atoms with Crippen molar-refractivity contribution in [2.24, 2.45) is 0 Å². The molecule has 0 saturated carbocycles. The number of benzene rings is 1. The van der Waals surface area contributed by atoms with Crippen LogP contribution in [0.1, 0.15) is 10.6 Å². The molecule has 0 bridgehead atoms. The molecule has 0 amide bonds. The zero-order chi connectivity index (χ0) is 15.6. The van der Waals surface area contributed by atoms with Crippen molar-refractivity contribution in [2.45, 2.75) is 18.4 Å². The molecule has 10 heteroatoms. The Kier molecular flexibility index (Phi) is 4.21. The SMILES string of the molecule is Cc1ncsc1CNS(=O)(=O)c1ccc(N)c([N+](=O)[O-])c1. The lowest BCUT2D eigenvalue weighted by atomic mass is 10.3. The van der Waals surface area contributed by atoms with Crippen molar-refractivity contribution in [1.29, 1.82) is 0 Å². The van der Waals surface area contributed by atoms with E-state index in [-0.39, 0.29) is 17.1 Å². The number of rotatable bonds is 5. The molecule has 0 unspecified atom stereocenters. The van der Waals surface area contributed by atoms with Gasteiger partial charge in [-0.1, -0.05) is 0 Å². The van der Waals surface area contributed by atoms with Crippen LogP contribution in [0.3, 0.4) is 0 Å². The summed E-state index contributed by atoms with van der Waals surface area (Å²) in [6.45, 7) is 1.85. The molecule has 3 N–H and O–H groups in total. The second-order valence-electron chi connectivity index (χ2n) is 4.16. The van der Waals surface area contributed by atoms with Crippen molar-refractivity contribution in [2.75, 3.05) is 5.73 Å². The Morgan fingerprint density at radius 2 is 2.19 bits per heavy atom. The maximum Gasteiger partial charge on any atom is 0.293 e. The molecule has 2 rings (SSSR count). The van der Waals surface area contributed by atoms with Gasteiger partial charge in [-0.15, -0.1) is 11.3 Å². The third kappa shape index (κ3) is 3.35. The van der Waals surface area contributed by atoms with Crippen LogP contribution in [0.5, 0.6) is 0 Å². The first-order chi connectivity index (χ1) is 9.81. The van der Waals surface area contributed by atoms with Crippen LogP contribution in [0, 0.1) is 17.0 Å². The highest BCUT2D eigenvalue weighted by atomic mass is 32.2. The highest BCUT2D eigenvalue weighted by Gasteiger charge is 2.20. The lowest BCUT2D eigenvalue weighted by Gasteiger charge is -2.06. The third-order valence-corrected chi connectivity index (χ3v) is 5.11. The summed E-state index contributed by atoms with van der Waals surface area (Å²) < 4.78 is 26.7. The summed E-state index contributed by atoms with van der Waals surface area (Å²) >= 11 is 1.33. The standard InChI is InChI=1S/C11H12N4O4S2/c1-7-11(20-6-13-7)5-14-21(18,19)8-2-3-9(12)10(4-8)15(16)17/h2-4,6,14H,5,12H2,1H3.